The Morgan fingerprint density at radius 2 is 2.30 bits per heavy atom. The number of ketones is 1. The minimum absolute atomic E-state index is 0.000497. The Morgan fingerprint density at radius 3 is 3.04 bits per heavy atom. The van der Waals surface area contributed by atoms with Crippen molar-refractivity contribution in [2.45, 2.75) is 51.9 Å². The van der Waals surface area contributed by atoms with E-state index in [1.54, 1.807) is 0 Å². The summed E-state index contributed by atoms with van der Waals surface area (Å²) in [5, 5.41) is 0. The molecule has 0 fully saturated rings. The summed E-state index contributed by atoms with van der Waals surface area (Å²) in [6.45, 7) is 5.95. The molecule has 3 rings (SSSR count). The monoisotopic (exact) mass is 311 g/mol. The molecule has 0 spiro atoms. The molecule has 1 unspecified atom stereocenters. The molecule has 23 heavy (non-hydrogen) atoms. The van der Waals surface area contributed by atoms with Gasteiger partial charge >= 0.3 is 0 Å². The summed E-state index contributed by atoms with van der Waals surface area (Å²) in [5.41, 5.74) is 11.4. The number of Topliss-reactive ketones (excluding diaryl/α,β-unsaturated/α-hetero) is 1. The van der Waals surface area contributed by atoms with Crippen LogP contribution < -0.4 is 5.73 Å². The first-order chi connectivity index (χ1) is 11.2. The molecule has 0 bridgehead atoms. The summed E-state index contributed by atoms with van der Waals surface area (Å²) in [5.74, 6) is 0.126. The molecule has 2 aromatic heterocycles. The van der Waals surface area contributed by atoms with Crippen LogP contribution in [0.25, 0.3) is 11.0 Å². The molecule has 1 atom stereocenters. The molecule has 0 radical (unpaired) electrons. The second-order valence-electron chi connectivity index (χ2n) is 6.47. The van der Waals surface area contributed by atoms with Crippen molar-refractivity contribution >= 4 is 22.5 Å². The first kappa shape index (κ1) is 15.8. The predicted molar refractivity (Wildman–Crippen MR) is 94.7 cm³/mol. The lowest BCUT2D eigenvalue weighted by Gasteiger charge is -2.23. The van der Waals surface area contributed by atoms with Crippen LogP contribution in [0.5, 0.6) is 0 Å². The number of allylic oxidation sites excluding steroid dienone is 1. The first-order valence-corrected chi connectivity index (χ1v) is 8.60. The topological polar surface area (TPSA) is 71.8 Å². The number of carbonyl (C=O) groups is 1. The highest BCUT2D eigenvalue weighted by Crippen LogP contribution is 2.35. The highest BCUT2D eigenvalue weighted by molar-refractivity contribution is 6.09. The predicted octanol–water partition coefficient (Wildman–Crippen LogP) is 4.20. The lowest BCUT2D eigenvalue weighted by Crippen LogP contribution is -2.24. The van der Waals surface area contributed by atoms with Crippen LogP contribution in [0.2, 0.25) is 0 Å². The van der Waals surface area contributed by atoms with E-state index in [0.717, 1.165) is 42.4 Å². The van der Waals surface area contributed by atoms with Gasteiger partial charge in [0.2, 0.25) is 0 Å². The number of nitrogen functional groups attached to an aromatic ring is 1. The molecule has 3 N–H and O–H groups in total. The van der Waals surface area contributed by atoms with E-state index in [4.69, 9.17) is 10.7 Å². The summed E-state index contributed by atoms with van der Waals surface area (Å²) in [6, 6.07) is 0. The molecule has 2 aromatic rings. The molecule has 1 aliphatic carbocycles. The normalized spacial score (nSPS) is 17.4. The van der Waals surface area contributed by atoms with Gasteiger partial charge in [0.1, 0.15) is 0 Å². The number of carbonyl (C=O) groups excluding carboxylic acids is 1. The number of nitrogens with one attached hydrogen (secondary N) is 1. The standard InChI is InChI=1S/C19H25N3O/c1-3-5-6-8-13-11-21-18-16(20)15-14(22-17(13)18)10-9-12(7-4-2)19(15)23/h4,11-12,21H,2-3,5-10H2,1H3,(H2,20,22). The zero-order valence-electron chi connectivity index (χ0n) is 13.8. The van der Waals surface area contributed by atoms with Gasteiger partial charge in [-0.25, -0.2) is 0 Å². The molecule has 0 saturated heterocycles. The fourth-order valence-electron chi connectivity index (χ4n) is 3.54. The Morgan fingerprint density at radius 1 is 1.48 bits per heavy atom. The van der Waals surface area contributed by atoms with E-state index in [-0.39, 0.29) is 11.7 Å². The van der Waals surface area contributed by atoms with Gasteiger partial charge in [-0.15, -0.1) is 6.58 Å². The van der Waals surface area contributed by atoms with Crippen LogP contribution in [0.3, 0.4) is 0 Å². The van der Waals surface area contributed by atoms with Gasteiger partial charge < -0.3 is 10.7 Å². The SMILES string of the molecule is C=CCC1CCc2nc3c(CCCCC)c[nH]c3c(N)c2C1=O. The number of hydrogen-bond donors (Lipinski definition) is 2. The van der Waals surface area contributed by atoms with Gasteiger partial charge in [0, 0.05) is 12.1 Å². The van der Waals surface area contributed by atoms with E-state index in [2.05, 4.69) is 18.5 Å². The number of aryl methyl sites for hydroxylation is 2. The maximum Gasteiger partial charge on any atom is 0.170 e. The third-order valence-corrected chi connectivity index (χ3v) is 4.85. The molecular formula is C19H25N3O. The maximum atomic E-state index is 12.7. The third-order valence-electron chi connectivity index (χ3n) is 4.85. The van der Waals surface area contributed by atoms with Crippen molar-refractivity contribution in [3.05, 3.63) is 35.7 Å². The van der Waals surface area contributed by atoms with Crippen LogP contribution in [0.4, 0.5) is 5.69 Å². The van der Waals surface area contributed by atoms with Crippen LogP contribution >= 0.6 is 0 Å². The van der Waals surface area contributed by atoms with Crippen LogP contribution in [0, 0.1) is 5.92 Å². The van der Waals surface area contributed by atoms with Crippen LogP contribution in [0.1, 0.15) is 60.6 Å². The second kappa shape index (κ2) is 6.57. The second-order valence-corrected chi connectivity index (χ2v) is 6.47. The van der Waals surface area contributed by atoms with E-state index < -0.39 is 0 Å². The number of hydrogen-bond acceptors (Lipinski definition) is 3. The smallest absolute Gasteiger partial charge is 0.170 e. The summed E-state index contributed by atoms with van der Waals surface area (Å²) in [4.78, 5) is 20.8. The average Bonchev–Trinajstić information content (AvgIpc) is 2.94. The average molecular weight is 311 g/mol. The number of H-pyrrole nitrogens is 1. The van der Waals surface area contributed by atoms with Gasteiger partial charge in [-0.2, -0.15) is 0 Å². The van der Waals surface area contributed by atoms with E-state index >= 15 is 0 Å². The van der Waals surface area contributed by atoms with E-state index in [9.17, 15) is 4.79 Å². The Labute approximate surface area is 137 Å². The summed E-state index contributed by atoms with van der Waals surface area (Å²) in [6.07, 6.45) is 10.8. The Hall–Kier alpha value is -2.10. The van der Waals surface area contributed by atoms with Crippen molar-refractivity contribution in [1.29, 1.82) is 0 Å². The van der Waals surface area contributed by atoms with Crippen LogP contribution in [-0.2, 0) is 12.8 Å². The molecule has 4 nitrogen and oxygen atoms in total. The van der Waals surface area contributed by atoms with E-state index in [1.807, 2.05) is 12.3 Å². The highest BCUT2D eigenvalue weighted by Gasteiger charge is 2.31. The van der Waals surface area contributed by atoms with Gasteiger partial charge in [0.05, 0.1) is 28.0 Å². The van der Waals surface area contributed by atoms with Crippen molar-refractivity contribution in [3.63, 3.8) is 0 Å². The van der Waals surface area contributed by atoms with Crippen LogP contribution in [0.15, 0.2) is 18.9 Å². The number of aromatic nitrogens is 2. The van der Waals surface area contributed by atoms with Gasteiger partial charge in [-0.1, -0.05) is 25.8 Å². The number of aromatic amines is 1. The number of pyridine rings is 1. The molecule has 2 heterocycles. The van der Waals surface area contributed by atoms with Gasteiger partial charge in [0.25, 0.3) is 0 Å². The fraction of sp³-hybridized carbons (Fsp3) is 0.474. The van der Waals surface area contributed by atoms with Gasteiger partial charge in [0.15, 0.2) is 5.78 Å². The molecule has 0 saturated carbocycles. The Kier molecular flexibility index (Phi) is 4.51. The molecule has 122 valence electrons. The molecule has 1 aliphatic rings. The van der Waals surface area contributed by atoms with Gasteiger partial charge in [-0.3, -0.25) is 9.78 Å². The zero-order chi connectivity index (χ0) is 16.4. The van der Waals surface area contributed by atoms with Crippen molar-refractivity contribution in [3.8, 4) is 0 Å². The minimum atomic E-state index is 0.000497. The summed E-state index contributed by atoms with van der Waals surface area (Å²) < 4.78 is 0. The number of anilines is 1. The quantitative estimate of drug-likeness (QED) is 0.620. The number of rotatable bonds is 6. The summed E-state index contributed by atoms with van der Waals surface area (Å²) >= 11 is 0. The lowest BCUT2D eigenvalue weighted by molar-refractivity contribution is 0.0903. The molecule has 0 aliphatic heterocycles. The first-order valence-electron chi connectivity index (χ1n) is 8.60. The lowest BCUT2D eigenvalue weighted by atomic mass is 9.82. The van der Waals surface area contributed by atoms with E-state index in [1.165, 1.54) is 18.4 Å². The van der Waals surface area contributed by atoms with Crippen molar-refractivity contribution in [2.75, 3.05) is 5.73 Å². The van der Waals surface area contributed by atoms with E-state index in [0.29, 0.717) is 17.7 Å². The number of nitrogens with zero attached hydrogens (tertiary/aromatic N) is 1. The zero-order valence-corrected chi connectivity index (χ0v) is 13.8. The fourth-order valence-corrected chi connectivity index (χ4v) is 3.54. The largest absolute Gasteiger partial charge is 0.396 e. The molecule has 0 amide bonds. The number of fused-ring (bicyclic) bond motifs is 2. The summed E-state index contributed by atoms with van der Waals surface area (Å²) in [7, 11) is 0. The highest BCUT2D eigenvalue weighted by atomic mass is 16.1. The Bertz CT molecular complexity index is 745. The van der Waals surface area contributed by atoms with Crippen molar-refractivity contribution < 1.29 is 4.79 Å². The molecule has 0 aromatic carbocycles. The van der Waals surface area contributed by atoms with Crippen LogP contribution in [-0.4, -0.2) is 15.8 Å². The van der Waals surface area contributed by atoms with Crippen molar-refractivity contribution in [2.24, 2.45) is 5.92 Å². The maximum absolute atomic E-state index is 12.7. The molecule has 4 heteroatoms. The van der Waals surface area contributed by atoms with Gasteiger partial charge in [-0.05, 0) is 37.7 Å². The van der Waals surface area contributed by atoms with Crippen molar-refractivity contribution in [1.82, 2.24) is 9.97 Å². The number of unbranched alkanes of at least 4 members (excludes halogenated alkanes) is 2. The third kappa shape index (κ3) is 2.78. The minimum Gasteiger partial charge on any atom is -0.396 e. The Balaban J connectivity index is 2.01. The number of nitrogens with two attached hydrogens (primary N) is 1. The molecular weight excluding hydrogens is 286 g/mol.